The Labute approximate surface area is 296 Å². The molecule has 0 saturated carbocycles. The number of fused-ring (bicyclic) bond motifs is 7. The molecule has 0 spiro atoms. The fourth-order valence-electron chi connectivity index (χ4n) is 7.19. The minimum Gasteiger partial charge on any atom is -0.353 e. The van der Waals surface area contributed by atoms with Gasteiger partial charge in [0.2, 0.25) is 0 Å². The first-order valence-corrected chi connectivity index (χ1v) is 17.3. The molecule has 0 aliphatic heterocycles. The first-order valence-electron chi connectivity index (χ1n) is 17.3. The van der Waals surface area contributed by atoms with E-state index in [-0.39, 0.29) is 0 Å². The number of aromatic nitrogens is 4. The topological polar surface area (TPSA) is 46.5 Å². The maximum atomic E-state index is 5.09. The van der Waals surface area contributed by atoms with E-state index in [1.54, 1.807) is 0 Å². The van der Waals surface area contributed by atoms with Crippen molar-refractivity contribution in [1.29, 1.82) is 0 Å². The van der Waals surface area contributed by atoms with Crippen LogP contribution in [0.1, 0.15) is 5.69 Å². The number of rotatable bonds is 8. The van der Waals surface area contributed by atoms with Gasteiger partial charge in [-0.2, -0.15) is 0 Å². The van der Waals surface area contributed by atoms with Crippen molar-refractivity contribution < 1.29 is 0 Å². The van der Waals surface area contributed by atoms with Gasteiger partial charge in [-0.25, -0.2) is 9.97 Å². The third-order valence-electron chi connectivity index (χ3n) is 9.57. The van der Waals surface area contributed by atoms with Gasteiger partial charge < -0.3 is 9.55 Å². The van der Waals surface area contributed by atoms with Crippen LogP contribution in [0.2, 0.25) is 0 Å². The molecule has 4 heteroatoms. The van der Waals surface area contributed by atoms with Crippen molar-refractivity contribution in [3.8, 4) is 33.8 Å². The summed E-state index contributed by atoms with van der Waals surface area (Å²) in [6.07, 6.45) is 8.96. The Hall–Kier alpha value is -6.78. The summed E-state index contributed by atoms with van der Waals surface area (Å²) >= 11 is 0. The van der Waals surface area contributed by atoms with Crippen LogP contribution < -0.4 is 0 Å². The Balaban J connectivity index is 1.13. The molecule has 242 valence electrons. The largest absolute Gasteiger partial charge is 0.353 e. The van der Waals surface area contributed by atoms with Crippen LogP contribution in [0, 0.1) is 0 Å². The van der Waals surface area contributed by atoms with Crippen LogP contribution in [-0.2, 0) is 6.42 Å². The number of hydrogen-bond acceptors (Lipinski definition) is 2. The van der Waals surface area contributed by atoms with Gasteiger partial charge in [0.15, 0.2) is 5.82 Å². The molecule has 9 rings (SSSR count). The summed E-state index contributed by atoms with van der Waals surface area (Å²) in [4.78, 5) is 13.9. The van der Waals surface area contributed by atoms with Crippen LogP contribution >= 0.6 is 0 Å². The number of nitrogens with zero attached hydrogens (tertiary/aromatic N) is 3. The van der Waals surface area contributed by atoms with Gasteiger partial charge in [0.25, 0.3) is 0 Å². The normalized spacial score (nSPS) is 12.1. The second-order valence-corrected chi connectivity index (χ2v) is 12.7. The second kappa shape index (κ2) is 12.9. The van der Waals surface area contributed by atoms with Crippen molar-refractivity contribution in [3.05, 3.63) is 188 Å². The van der Waals surface area contributed by atoms with Crippen LogP contribution in [0.5, 0.6) is 0 Å². The van der Waals surface area contributed by atoms with E-state index in [9.17, 15) is 0 Å². The lowest BCUT2D eigenvalue weighted by Crippen LogP contribution is -1.99. The van der Waals surface area contributed by atoms with E-state index in [0.29, 0.717) is 12.2 Å². The molecule has 1 N–H and O–H groups in total. The molecule has 3 heterocycles. The Morgan fingerprint density at radius 3 is 2.04 bits per heavy atom. The monoisotopic (exact) mass is 654 g/mol. The van der Waals surface area contributed by atoms with Gasteiger partial charge in [0.05, 0.1) is 22.2 Å². The Morgan fingerprint density at radius 2 is 1.25 bits per heavy atom. The van der Waals surface area contributed by atoms with Crippen LogP contribution in [0.3, 0.4) is 0 Å². The predicted octanol–water partition coefficient (Wildman–Crippen LogP) is 12.0. The van der Waals surface area contributed by atoms with Gasteiger partial charge in [-0.3, -0.25) is 0 Å². The van der Waals surface area contributed by atoms with Crippen LogP contribution in [0.4, 0.5) is 0 Å². The average Bonchev–Trinajstić information content (AvgIpc) is 3.74. The number of para-hydroxylation sites is 2. The molecule has 0 bridgehead atoms. The molecule has 3 aromatic heterocycles. The van der Waals surface area contributed by atoms with E-state index in [4.69, 9.17) is 9.97 Å². The molecule has 0 fully saturated rings. The second-order valence-electron chi connectivity index (χ2n) is 12.7. The standard InChI is InChI=1S/C47H34N4/c1-2-14-37(51-44-24-12-10-22-39(44)41-30-29-40-38-21-9-11-23-42(38)49-45(40)46(41)51)20-13-19-36-31-43(34-17-7-4-8-18-34)50-47(48-36)35-27-25-33(26-28-35)32-15-5-3-6-16-32/h2-18,20-31,49H,1,19H2/b20-13-,37-14+. The molecule has 0 radical (unpaired) electrons. The van der Waals surface area contributed by atoms with Crippen LogP contribution in [0.15, 0.2) is 183 Å². The van der Waals surface area contributed by atoms with E-state index >= 15 is 0 Å². The summed E-state index contributed by atoms with van der Waals surface area (Å²) in [5, 5.41) is 4.85. The van der Waals surface area contributed by atoms with Gasteiger partial charge in [-0.1, -0.05) is 152 Å². The molecule has 0 aliphatic carbocycles. The first kappa shape index (κ1) is 30.3. The fourth-order valence-corrected chi connectivity index (χ4v) is 7.19. The molecule has 0 unspecified atom stereocenters. The highest BCUT2D eigenvalue weighted by Crippen LogP contribution is 2.39. The molecule has 51 heavy (non-hydrogen) atoms. The highest BCUT2D eigenvalue weighted by Gasteiger charge is 2.17. The zero-order valence-corrected chi connectivity index (χ0v) is 28.0. The number of nitrogens with one attached hydrogen (secondary N) is 1. The van der Waals surface area contributed by atoms with E-state index in [1.165, 1.54) is 27.1 Å². The first-order chi connectivity index (χ1) is 25.2. The molecule has 0 amide bonds. The lowest BCUT2D eigenvalue weighted by molar-refractivity contribution is 1.06. The summed E-state index contributed by atoms with van der Waals surface area (Å²) < 4.78 is 2.36. The van der Waals surface area contributed by atoms with Crippen molar-refractivity contribution in [2.45, 2.75) is 6.42 Å². The molecule has 9 aromatic rings. The number of H-pyrrole nitrogens is 1. The lowest BCUT2D eigenvalue weighted by atomic mass is 10.0. The summed E-state index contributed by atoms with van der Waals surface area (Å²) in [5.74, 6) is 0.713. The number of hydrogen-bond donors (Lipinski definition) is 1. The van der Waals surface area contributed by atoms with E-state index < -0.39 is 0 Å². The van der Waals surface area contributed by atoms with Crippen molar-refractivity contribution in [1.82, 2.24) is 19.5 Å². The van der Waals surface area contributed by atoms with Crippen molar-refractivity contribution >= 4 is 49.3 Å². The van der Waals surface area contributed by atoms with Crippen LogP contribution in [0.25, 0.3) is 83.1 Å². The van der Waals surface area contributed by atoms with Gasteiger partial charge >= 0.3 is 0 Å². The minimum absolute atomic E-state index is 0.630. The molecular weight excluding hydrogens is 621 g/mol. The Bertz CT molecular complexity index is 2760. The van der Waals surface area contributed by atoms with Gasteiger partial charge in [0.1, 0.15) is 0 Å². The molecule has 6 aromatic carbocycles. The van der Waals surface area contributed by atoms with Crippen molar-refractivity contribution in [2.24, 2.45) is 0 Å². The molecule has 0 aliphatic rings. The smallest absolute Gasteiger partial charge is 0.160 e. The maximum Gasteiger partial charge on any atom is 0.160 e. The number of allylic oxidation sites excluding steroid dienone is 5. The third kappa shape index (κ3) is 5.53. The predicted molar refractivity (Wildman–Crippen MR) is 214 cm³/mol. The van der Waals surface area contributed by atoms with E-state index in [2.05, 4.69) is 162 Å². The SMILES string of the molecule is C=C/C=C(\C=C/Cc1cc(-c2ccccc2)nc(-c2ccc(-c3ccccc3)cc2)n1)n1c2ccccc2c2ccc3c4ccccc4[nH]c3c21. The number of aromatic amines is 1. The van der Waals surface area contributed by atoms with Crippen molar-refractivity contribution in [3.63, 3.8) is 0 Å². The van der Waals surface area contributed by atoms with Crippen molar-refractivity contribution in [2.75, 3.05) is 0 Å². The van der Waals surface area contributed by atoms with Gasteiger partial charge in [-0.05, 0) is 41.5 Å². The Morgan fingerprint density at radius 1 is 0.608 bits per heavy atom. The minimum atomic E-state index is 0.630. The Kier molecular flexibility index (Phi) is 7.67. The zero-order chi connectivity index (χ0) is 34.1. The summed E-state index contributed by atoms with van der Waals surface area (Å²) in [5.41, 5.74) is 11.8. The molecule has 0 saturated heterocycles. The summed E-state index contributed by atoms with van der Waals surface area (Å²) in [7, 11) is 0. The molecule has 4 nitrogen and oxygen atoms in total. The number of benzene rings is 6. The average molecular weight is 655 g/mol. The zero-order valence-electron chi connectivity index (χ0n) is 28.0. The fraction of sp³-hybridized carbons (Fsp3) is 0.0213. The van der Waals surface area contributed by atoms with Gasteiger partial charge in [-0.15, -0.1) is 0 Å². The van der Waals surface area contributed by atoms with E-state index in [1.807, 2.05) is 30.3 Å². The molecule has 0 atom stereocenters. The van der Waals surface area contributed by atoms with Crippen LogP contribution in [-0.4, -0.2) is 19.5 Å². The third-order valence-corrected chi connectivity index (χ3v) is 9.57. The molecular formula is C47H34N4. The highest BCUT2D eigenvalue weighted by atomic mass is 15.0. The lowest BCUT2D eigenvalue weighted by Gasteiger charge is -2.11. The van der Waals surface area contributed by atoms with E-state index in [0.717, 1.165) is 55.8 Å². The quantitative estimate of drug-likeness (QED) is 0.166. The highest BCUT2D eigenvalue weighted by molar-refractivity contribution is 6.23. The maximum absolute atomic E-state index is 5.09. The summed E-state index contributed by atoms with van der Waals surface area (Å²) in [6.45, 7) is 4.10. The summed E-state index contributed by atoms with van der Waals surface area (Å²) in [6, 6.07) is 53.0. The van der Waals surface area contributed by atoms with Gasteiger partial charge in [0, 0.05) is 56.0 Å².